The second kappa shape index (κ2) is 10.3. The van der Waals surface area contributed by atoms with Gasteiger partial charge in [-0.15, -0.1) is 0 Å². The zero-order chi connectivity index (χ0) is 19.1. The summed E-state index contributed by atoms with van der Waals surface area (Å²) < 4.78 is 5.69. The van der Waals surface area contributed by atoms with Crippen molar-refractivity contribution in [3.05, 3.63) is 29.3 Å². The molecule has 0 bridgehead atoms. The van der Waals surface area contributed by atoms with Gasteiger partial charge in [0.1, 0.15) is 5.75 Å². The molecule has 4 nitrogen and oxygen atoms in total. The molecule has 1 aromatic carbocycles. The summed E-state index contributed by atoms with van der Waals surface area (Å²) in [5, 5.41) is 0.705. The summed E-state index contributed by atoms with van der Waals surface area (Å²) in [7, 11) is 0. The Hall–Kier alpha value is -1.26. The molecule has 1 atom stereocenters. The van der Waals surface area contributed by atoms with Crippen LogP contribution in [0.5, 0.6) is 5.75 Å². The molecule has 1 amide bonds. The monoisotopic (exact) mass is 392 g/mol. The summed E-state index contributed by atoms with van der Waals surface area (Å²) in [6, 6.07) is 7.36. The molecule has 150 valence electrons. The number of carbonyl (C=O) groups is 1. The maximum atomic E-state index is 12.6. The van der Waals surface area contributed by atoms with E-state index in [0.717, 1.165) is 44.1 Å². The molecule has 2 aliphatic heterocycles. The lowest BCUT2D eigenvalue weighted by Gasteiger charge is -2.38. The average Bonchev–Trinajstić information content (AvgIpc) is 2.68. The number of hydrogen-bond acceptors (Lipinski definition) is 3. The SMILES string of the molecule is CC1CCN(CC2CCCN(C(=O)CCCOc3ccc(Cl)cc3)C2)CC1. The van der Waals surface area contributed by atoms with Gasteiger partial charge >= 0.3 is 0 Å². The molecule has 5 heteroatoms. The number of benzene rings is 1. The molecule has 0 radical (unpaired) electrons. The summed E-state index contributed by atoms with van der Waals surface area (Å²) >= 11 is 5.87. The summed E-state index contributed by atoms with van der Waals surface area (Å²) in [6.07, 6.45) is 6.37. The van der Waals surface area contributed by atoms with Crippen LogP contribution in [0.2, 0.25) is 5.02 Å². The van der Waals surface area contributed by atoms with Crippen LogP contribution in [0, 0.1) is 11.8 Å². The normalized spacial score (nSPS) is 22.0. The van der Waals surface area contributed by atoms with Crippen LogP contribution < -0.4 is 4.74 Å². The molecular formula is C22H33ClN2O2. The Labute approximate surface area is 168 Å². The van der Waals surface area contributed by atoms with Gasteiger partial charge in [-0.1, -0.05) is 18.5 Å². The second-order valence-electron chi connectivity index (χ2n) is 8.24. The van der Waals surface area contributed by atoms with Crippen LogP contribution in [0.25, 0.3) is 0 Å². The smallest absolute Gasteiger partial charge is 0.222 e. The number of likely N-dealkylation sites (tertiary alicyclic amines) is 2. The fourth-order valence-corrected chi connectivity index (χ4v) is 4.28. The zero-order valence-corrected chi connectivity index (χ0v) is 17.3. The van der Waals surface area contributed by atoms with E-state index in [-0.39, 0.29) is 5.91 Å². The molecule has 0 aromatic heterocycles. The minimum absolute atomic E-state index is 0.284. The third-order valence-electron chi connectivity index (χ3n) is 5.88. The lowest BCUT2D eigenvalue weighted by Crippen LogP contribution is -2.45. The highest BCUT2D eigenvalue weighted by Gasteiger charge is 2.26. The first-order valence-electron chi connectivity index (χ1n) is 10.5. The van der Waals surface area contributed by atoms with E-state index in [4.69, 9.17) is 16.3 Å². The van der Waals surface area contributed by atoms with Crippen molar-refractivity contribution in [1.82, 2.24) is 9.80 Å². The minimum Gasteiger partial charge on any atom is -0.494 e. The lowest BCUT2D eigenvalue weighted by molar-refractivity contribution is -0.133. The van der Waals surface area contributed by atoms with E-state index >= 15 is 0 Å². The Morgan fingerprint density at radius 3 is 2.63 bits per heavy atom. The van der Waals surface area contributed by atoms with E-state index in [1.807, 2.05) is 24.3 Å². The summed E-state index contributed by atoms with van der Waals surface area (Å²) in [5.41, 5.74) is 0. The van der Waals surface area contributed by atoms with E-state index in [1.54, 1.807) is 0 Å². The quantitative estimate of drug-likeness (QED) is 0.642. The number of halogens is 1. The maximum absolute atomic E-state index is 12.6. The number of rotatable bonds is 7. The van der Waals surface area contributed by atoms with Crippen molar-refractivity contribution >= 4 is 17.5 Å². The third-order valence-corrected chi connectivity index (χ3v) is 6.13. The van der Waals surface area contributed by atoms with Crippen LogP contribution in [0.3, 0.4) is 0 Å². The van der Waals surface area contributed by atoms with Crippen molar-refractivity contribution in [2.24, 2.45) is 11.8 Å². The van der Waals surface area contributed by atoms with Crippen LogP contribution in [0.1, 0.15) is 45.4 Å². The number of piperidine rings is 2. The van der Waals surface area contributed by atoms with Crippen LogP contribution in [-0.4, -0.2) is 55.0 Å². The van der Waals surface area contributed by atoms with Gasteiger partial charge in [-0.2, -0.15) is 0 Å². The topological polar surface area (TPSA) is 32.8 Å². The van der Waals surface area contributed by atoms with Crippen LogP contribution in [0.4, 0.5) is 0 Å². The standard InChI is InChI=1S/C22H33ClN2O2/c1-18-10-13-24(14-11-18)16-19-4-2-12-25(17-19)22(26)5-3-15-27-21-8-6-20(23)7-9-21/h6-9,18-19H,2-5,10-17H2,1H3. The maximum Gasteiger partial charge on any atom is 0.222 e. The molecule has 1 aromatic rings. The number of hydrogen-bond donors (Lipinski definition) is 0. The van der Waals surface area contributed by atoms with Crippen molar-refractivity contribution in [3.63, 3.8) is 0 Å². The van der Waals surface area contributed by atoms with E-state index in [2.05, 4.69) is 16.7 Å². The molecule has 2 aliphatic rings. The highest BCUT2D eigenvalue weighted by molar-refractivity contribution is 6.30. The first-order chi connectivity index (χ1) is 13.1. The van der Waals surface area contributed by atoms with Crippen LogP contribution in [-0.2, 0) is 4.79 Å². The molecule has 2 saturated heterocycles. The van der Waals surface area contributed by atoms with E-state index in [0.29, 0.717) is 24.0 Å². The third kappa shape index (κ3) is 6.69. The molecular weight excluding hydrogens is 360 g/mol. The molecule has 0 spiro atoms. The molecule has 2 fully saturated rings. The van der Waals surface area contributed by atoms with Crippen LogP contribution >= 0.6 is 11.6 Å². The predicted octanol–water partition coefficient (Wildman–Crippen LogP) is 4.47. The fraction of sp³-hybridized carbons (Fsp3) is 0.682. The Morgan fingerprint density at radius 1 is 1.15 bits per heavy atom. The number of carbonyl (C=O) groups excluding carboxylic acids is 1. The van der Waals surface area contributed by atoms with Gasteiger partial charge in [0.25, 0.3) is 0 Å². The van der Waals surface area contributed by atoms with Gasteiger partial charge in [0.15, 0.2) is 0 Å². The number of amides is 1. The molecule has 1 unspecified atom stereocenters. The molecule has 27 heavy (non-hydrogen) atoms. The zero-order valence-electron chi connectivity index (χ0n) is 16.5. The fourth-order valence-electron chi connectivity index (χ4n) is 4.15. The van der Waals surface area contributed by atoms with Gasteiger partial charge in [0.2, 0.25) is 5.91 Å². The number of ether oxygens (including phenoxy) is 1. The van der Waals surface area contributed by atoms with Gasteiger partial charge < -0.3 is 14.5 Å². The second-order valence-corrected chi connectivity index (χ2v) is 8.67. The highest BCUT2D eigenvalue weighted by atomic mass is 35.5. The largest absolute Gasteiger partial charge is 0.494 e. The number of nitrogens with zero attached hydrogens (tertiary/aromatic N) is 2. The lowest BCUT2D eigenvalue weighted by atomic mass is 9.94. The van der Waals surface area contributed by atoms with Gasteiger partial charge in [0.05, 0.1) is 6.61 Å². The Morgan fingerprint density at radius 2 is 1.89 bits per heavy atom. The van der Waals surface area contributed by atoms with Crippen molar-refractivity contribution in [3.8, 4) is 5.75 Å². The first kappa shape index (κ1) is 20.5. The molecule has 0 saturated carbocycles. The van der Waals surface area contributed by atoms with Crippen LogP contribution in [0.15, 0.2) is 24.3 Å². The van der Waals surface area contributed by atoms with Crippen molar-refractivity contribution in [2.45, 2.75) is 45.4 Å². The minimum atomic E-state index is 0.284. The predicted molar refractivity (Wildman–Crippen MR) is 110 cm³/mol. The van der Waals surface area contributed by atoms with Gasteiger partial charge in [-0.05, 0) is 81.3 Å². The summed E-state index contributed by atoms with van der Waals surface area (Å²) in [5.74, 6) is 2.61. The van der Waals surface area contributed by atoms with Crippen molar-refractivity contribution in [2.75, 3.05) is 39.3 Å². The average molecular weight is 393 g/mol. The first-order valence-corrected chi connectivity index (χ1v) is 10.9. The van der Waals surface area contributed by atoms with Gasteiger partial charge in [-0.25, -0.2) is 0 Å². The molecule has 3 rings (SSSR count). The van der Waals surface area contributed by atoms with Crippen molar-refractivity contribution < 1.29 is 9.53 Å². The Bertz CT molecular complexity index is 584. The summed E-state index contributed by atoms with van der Waals surface area (Å²) in [4.78, 5) is 17.3. The van der Waals surface area contributed by atoms with E-state index in [1.165, 1.54) is 32.4 Å². The van der Waals surface area contributed by atoms with Crippen molar-refractivity contribution in [1.29, 1.82) is 0 Å². The van der Waals surface area contributed by atoms with Gasteiger partial charge in [-0.3, -0.25) is 4.79 Å². The summed E-state index contributed by atoms with van der Waals surface area (Å²) in [6.45, 7) is 8.40. The van der Waals surface area contributed by atoms with E-state index in [9.17, 15) is 4.79 Å². The Balaban J connectivity index is 1.34. The molecule has 2 heterocycles. The van der Waals surface area contributed by atoms with E-state index < -0.39 is 0 Å². The molecule has 0 N–H and O–H groups in total. The van der Waals surface area contributed by atoms with Gasteiger partial charge in [0, 0.05) is 31.1 Å². The Kier molecular flexibility index (Phi) is 7.83. The highest BCUT2D eigenvalue weighted by Crippen LogP contribution is 2.22. The molecule has 0 aliphatic carbocycles.